The van der Waals surface area contributed by atoms with Crippen molar-refractivity contribution in [3.63, 3.8) is 0 Å². The van der Waals surface area contributed by atoms with Crippen molar-refractivity contribution in [3.05, 3.63) is 66.2 Å². The second-order valence-corrected chi connectivity index (χ2v) is 12.2. The number of thiazole rings is 1. The predicted octanol–water partition coefficient (Wildman–Crippen LogP) is 6.00. The molecule has 3 aromatic carbocycles. The third kappa shape index (κ3) is 5.14. The maximum Gasteiger partial charge on any atom is 0.257 e. The van der Waals surface area contributed by atoms with Gasteiger partial charge in [-0.2, -0.15) is 4.31 Å². The van der Waals surface area contributed by atoms with Crippen LogP contribution in [0.3, 0.4) is 0 Å². The van der Waals surface area contributed by atoms with Crippen molar-refractivity contribution in [2.75, 3.05) is 18.4 Å². The number of aromatic nitrogens is 1. The zero-order valence-corrected chi connectivity index (χ0v) is 21.4. The third-order valence-corrected chi connectivity index (χ3v) is 8.18. The highest BCUT2D eigenvalue weighted by Crippen LogP contribution is 2.32. The molecule has 1 aromatic heterocycles. The van der Waals surface area contributed by atoms with E-state index in [0.29, 0.717) is 23.8 Å². The molecule has 0 bridgehead atoms. The first-order valence-electron chi connectivity index (χ1n) is 11.3. The van der Waals surface area contributed by atoms with Crippen LogP contribution in [0.5, 0.6) is 0 Å². The van der Waals surface area contributed by atoms with Crippen LogP contribution < -0.4 is 5.32 Å². The molecule has 1 N–H and O–H groups in total. The number of nitrogens with one attached hydrogen (secondary N) is 1. The van der Waals surface area contributed by atoms with E-state index in [4.69, 9.17) is 0 Å². The molecule has 1 amide bonds. The van der Waals surface area contributed by atoms with Crippen LogP contribution in [0, 0.1) is 11.8 Å². The van der Waals surface area contributed by atoms with E-state index in [1.54, 1.807) is 12.1 Å². The Labute approximate surface area is 204 Å². The Morgan fingerprint density at radius 2 is 1.59 bits per heavy atom. The first-order chi connectivity index (χ1) is 16.1. The maximum absolute atomic E-state index is 13.2. The summed E-state index contributed by atoms with van der Waals surface area (Å²) in [6.45, 7) is 8.91. The van der Waals surface area contributed by atoms with Gasteiger partial charge in [0.05, 0.1) is 15.1 Å². The van der Waals surface area contributed by atoms with Gasteiger partial charge in [0.15, 0.2) is 5.13 Å². The number of hydrogen-bond donors (Lipinski definition) is 1. The van der Waals surface area contributed by atoms with Gasteiger partial charge in [-0.15, -0.1) is 0 Å². The zero-order valence-electron chi connectivity index (χ0n) is 19.8. The Bertz CT molecular complexity index is 1410. The minimum Gasteiger partial charge on any atom is -0.298 e. The van der Waals surface area contributed by atoms with E-state index < -0.39 is 10.0 Å². The van der Waals surface area contributed by atoms with Crippen molar-refractivity contribution < 1.29 is 13.2 Å². The molecule has 0 radical (unpaired) electrons. The Morgan fingerprint density at radius 3 is 2.24 bits per heavy atom. The number of amides is 1. The molecule has 0 saturated carbocycles. The van der Waals surface area contributed by atoms with Gasteiger partial charge in [0, 0.05) is 24.0 Å². The number of anilines is 1. The molecule has 0 unspecified atom stereocenters. The molecule has 0 aliphatic heterocycles. The average molecular weight is 496 g/mol. The highest BCUT2D eigenvalue weighted by atomic mass is 32.2. The summed E-state index contributed by atoms with van der Waals surface area (Å²) in [6, 6.07) is 18.2. The predicted molar refractivity (Wildman–Crippen MR) is 140 cm³/mol. The molecular weight excluding hydrogens is 466 g/mol. The van der Waals surface area contributed by atoms with Crippen molar-refractivity contribution in [1.82, 2.24) is 9.29 Å². The maximum atomic E-state index is 13.2. The van der Waals surface area contributed by atoms with Crippen molar-refractivity contribution >= 4 is 53.4 Å². The lowest BCUT2D eigenvalue weighted by molar-refractivity contribution is 0.102. The van der Waals surface area contributed by atoms with E-state index in [1.165, 1.54) is 27.8 Å². The normalized spacial score (nSPS) is 12.3. The number of benzene rings is 3. The van der Waals surface area contributed by atoms with Gasteiger partial charge in [-0.25, -0.2) is 13.4 Å². The van der Waals surface area contributed by atoms with Gasteiger partial charge < -0.3 is 0 Å². The second-order valence-electron chi connectivity index (χ2n) is 9.24. The highest BCUT2D eigenvalue weighted by Gasteiger charge is 2.26. The van der Waals surface area contributed by atoms with Gasteiger partial charge >= 0.3 is 0 Å². The molecule has 178 valence electrons. The van der Waals surface area contributed by atoms with Gasteiger partial charge in [-0.1, -0.05) is 69.4 Å². The zero-order chi connectivity index (χ0) is 24.5. The summed E-state index contributed by atoms with van der Waals surface area (Å²) in [4.78, 5) is 17.7. The highest BCUT2D eigenvalue weighted by molar-refractivity contribution is 7.89. The monoisotopic (exact) mass is 495 g/mol. The van der Waals surface area contributed by atoms with Crippen molar-refractivity contribution in [2.45, 2.75) is 32.6 Å². The summed E-state index contributed by atoms with van der Waals surface area (Å²) in [5.41, 5.74) is 1.23. The standard InChI is InChI=1S/C26H29N3O3S2/c1-17(2)15-29(16-18(3)4)34(31,32)21-12-9-20(10-13-21)25(30)28-26-27-24-22-8-6-5-7-19(22)11-14-23(24)33-26/h5-14,17-18H,15-16H2,1-4H3,(H,27,28,30). The van der Waals surface area contributed by atoms with Crippen molar-refractivity contribution in [3.8, 4) is 0 Å². The summed E-state index contributed by atoms with van der Waals surface area (Å²) in [5.74, 6) is 0.0996. The van der Waals surface area contributed by atoms with Crippen molar-refractivity contribution in [1.29, 1.82) is 0 Å². The molecule has 0 aliphatic rings. The van der Waals surface area contributed by atoms with Crippen molar-refractivity contribution in [2.24, 2.45) is 11.8 Å². The number of carbonyl (C=O) groups excluding carboxylic acids is 1. The Morgan fingerprint density at radius 1 is 0.941 bits per heavy atom. The fraction of sp³-hybridized carbons (Fsp3) is 0.308. The Hall–Kier alpha value is -2.81. The van der Waals surface area contributed by atoms with Gasteiger partial charge in [0.2, 0.25) is 10.0 Å². The minimum atomic E-state index is -3.64. The third-order valence-electron chi connectivity index (χ3n) is 5.40. The van der Waals surface area contributed by atoms with E-state index >= 15 is 0 Å². The van der Waals surface area contributed by atoms with Gasteiger partial charge in [-0.05, 0) is 47.6 Å². The minimum absolute atomic E-state index is 0.191. The lowest BCUT2D eigenvalue weighted by Crippen LogP contribution is -2.37. The fourth-order valence-electron chi connectivity index (χ4n) is 3.90. The quantitative estimate of drug-likeness (QED) is 0.325. The molecule has 6 nitrogen and oxygen atoms in total. The summed E-state index contributed by atoms with van der Waals surface area (Å²) in [6.07, 6.45) is 0. The van der Waals surface area contributed by atoms with E-state index in [9.17, 15) is 13.2 Å². The van der Waals surface area contributed by atoms with E-state index in [1.807, 2.05) is 64.1 Å². The largest absolute Gasteiger partial charge is 0.298 e. The smallest absolute Gasteiger partial charge is 0.257 e. The summed E-state index contributed by atoms with van der Waals surface area (Å²) >= 11 is 1.41. The molecule has 34 heavy (non-hydrogen) atoms. The molecule has 0 aliphatic carbocycles. The topological polar surface area (TPSA) is 79.4 Å². The van der Waals surface area contributed by atoms with Crippen LogP contribution in [-0.4, -0.2) is 36.7 Å². The molecule has 0 fully saturated rings. The molecule has 4 aromatic rings. The van der Waals surface area contributed by atoms with E-state index in [2.05, 4.69) is 10.3 Å². The molecule has 8 heteroatoms. The first kappa shape index (κ1) is 24.3. The van der Waals surface area contributed by atoms with Gasteiger partial charge in [0.1, 0.15) is 0 Å². The molecule has 0 atom stereocenters. The van der Waals surface area contributed by atoms with Crippen LogP contribution in [0.2, 0.25) is 0 Å². The molecule has 1 heterocycles. The van der Waals surface area contributed by atoms with Gasteiger partial charge in [-0.3, -0.25) is 10.1 Å². The second kappa shape index (κ2) is 9.82. The Kier molecular flexibility index (Phi) is 7.02. The summed E-state index contributed by atoms with van der Waals surface area (Å²) < 4.78 is 28.9. The summed E-state index contributed by atoms with van der Waals surface area (Å²) in [5, 5.41) is 5.50. The SMILES string of the molecule is CC(C)CN(CC(C)C)S(=O)(=O)c1ccc(C(=O)Nc2nc3c(ccc4ccccc43)s2)cc1. The number of rotatable bonds is 8. The van der Waals surface area contributed by atoms with Crippen LogP contribution in [0.25, 0.3) is 21.0 Å². The van der Waals surface area contributed by atoms with Gasteiger partial charge in [0.25, 0.3) is 5.91 Å². The van der Waals surface area contributed by atoms with Crippen LogP contribution in [0.15, 0.2) is 65.6 Å². The number of fused-ring (bicyclic) bond motifs is 3. The first-order valence-corrected chi connectivity index (χ1v) is 13.6. The number of hydrogen-bond acceptors (Lipinski definition) is 5. The number of carbonyl (C=O) groups is 1. The molecule has 0 spiro atoms. The lowest BCUT2D eigenvalue weighted by Gasteiger charge is -2.25. The van der Waals surface area contributed by atoms with Crippen LogP contribution in [0.4, 0.5) is 5.13 Å². The molecular formula is C26H29N3O3S2. The fourth-order valence-corrected chi connectivity index (χ4v) is 6.54. The van der Waals surface area contributed by atoms with E-state index in [-0.39, 0.29) is 22.6 Å². The number of nitrogens with zero attached hydrogens (tertiary/aromatic N) is 2. The van der Waals surface area contributed by atoms with E-state index in [0.717, 1.165) is 21.0 Å². The number of sulfonamides is 1. The van der Waals surface area contributed by atoms with Crippen LogP contribution in [-0.2, 0) is 10.0 Å². The molecule has 0 saturated heterocycles. The lowest BCUT2D eigenvalue weighted by atomic mass is 10.1. The molecule has 4 rings (SSSR count). The summed E-state index contributed by atoms with van der Waals surface area (Å²) in [7, 11) is -3.64. The Balaban J connectivity index is 1.54. The van der Waals surface area contributed by atoms with Crippen LogP contribution >= 0.6 is 11.3 Å². The average Bonchev–Trinajstić information content (AvgIpc) is 3.21. The van der Waals surface area contributed by atoms with Crippen LogP contribution in [0.1, 0.15) is 38.1 Å².